The maximum Gasteiger partial charge on any atom is 0.418 e. The number of rotatable bonds is 9. The SMILES string of the molecule is CCCCCC(C(=O)N1C(=O)OC(c2ccccc2)(c2ccccc2)C1C(C)C)c1ccc2c(c1)C(C)(C)CCC2(C)C. The minimum Gasteiger partial charge on any atom is -0.430 e. The van der Waals surface area contributed by atoms with Crippen LogP contribution in [0.5, 0.6) is 0 Å². The lowest BCUT2D eigenvalue weighted by Gasteiger charge is -2.42. The third kappa shape index (κ3) is 5.54. The molecule has 3 aromatic carbocycles. The Labute approximate surface area is 258 Å². The number of amides is 2. The minimum atomic E-state index is -1.10. The van der Waals surface area contributed by atoms with Crippen molar-refractivity contribution in [2.75, 3.05) is 0 Å². The molecular formula is C39H49NO3. The van der Waals surface area contributed by atoms with Crippen LogP contribution in [0, 0.1) is 5.92 Å². The van der Waals surface area contributed by atoms with Gasteiger partial charge in [0.15, 0.2) is 5.60 Å². The van der Waals surface area contributed by atoms with Gasteiger partial charge < -0.3 is 4.74 Å². The average Bonchev–Trinajstić information content (AvgIpc) is 3.32. The van der Waals surface area contributed by atoms with Crippen LogP contribution in [-0.2, 0) is 26.0 Å². The van der Waals surface area contributed by atoms with Crippen molar-refractivity contribution < 1.29 is 14.3 Å². The van der Waals surface area contributed by atoms with Gasteiger partial charge in [0.1, 0.15) is 0 Å². The molecule has 0 saturated carbocycles. The van der Waals surface area contributed by atoms with Crippen molar-refractivity contribution in [2.45, 2.75) is 115 Å². The van der Waals surface area contributed by atoms with Gasteiger partial charge >= 0.3 is 6.09 Å². The molecule has 43 heavy (non-hydrogen) atoms. The largest absolute Gasteiger partial charge is 0.430 e. The molecule has 1 fully saturated rings. The third-order valence-electron chi connectivity index (χ3n) is 10.1. The van der Waals surface area contributed by atoms with E-state index in [1.54, 1.807) is 0 Å². The number of benzene rings is 3. The summed E-state index contributed by atoms with van der Waals surface area (Å²) < 4.78 is 6.46. The van der Waals surface area contributed by atoms with E-state index < -0.39 is 23.7 Å². The Morgan fingerprint density at radius 3 is 1.93 bits per heavy atom. The Kier molecular flexibility index (Phi) is 8.62. The summed E-state index contributed by atoms with van der Waals surface area (Å²) >= 11 is 0. The van der Waals surface area contributed by atoms with Crippen LogP contribution in [0.15, 0.2) is 78.9 Å². The topological polar surface area (TPSA) is 46.6 Å². The van der Waals surface area contributed by atoms with Gasteiger partial charge in [0, 0.05) is 11.1 Å². The first-order valence-corrected chi connectivity index (χ1v) is 16.3. The molecule has 5 rings (SSSR count). The van der Waals surface area contributed by atoms with Gasteiger partial charge in [-0.05, 0) is 52.7 Å². The Morgan fingerprint density at radius 2 is 1.40 bits per heavy atom. The quantitative estimate of drug-likeness (QED) is 0.237. The molecule has 0 aromatic heterocycles. The van der Waals surface area contributed by atoms with E-state index in [1.165, 1.54) is 16.0 Å². The van der Waals surface area contributed by atoms with Crippen LogP contribution < -0.4 is 0 Å². The number of nitrogens with zero attached hydrogens (tertiary/aromatic N) is 1. The summed E-state index contributed by atoms with van der Waals surface area (Å²) in [6.45, 7) is 15.6. The smallest absolute Gasteiger partial charge is 0.418 e. The second-order valence-electron chi connectivity index (χ2n) is 14.4. The molecule has 4 heteroatoms. The summed E-state index contributed by atoms with van der Waals surface area (Å²) in [4.78, 5) is 30.4. The first kappa shape index (κ1) is 31.0. The zero-order valence-electron chi connectivity index (χ0n) is 27.2. The summed E-state index contributed by atoms with van der Waals surface area (Å²) in [5.74, 6) is -0.620. The van der Waals surface area contributed by atoms with Crippen molar-refractivity contribution in [2.24, 2.45) is 5.92 Å². The van der Waals surface area contributed by atoms with E-state index in [2.05, 4.69) is 66.7 Å². The van der Waals surface area contributed by atoms with Gasteiger partial charge in [-0.1, -0.05) is 147 Å². The van der Waals surface area contributed by atoms with Gasteiger partial charge in [-0.3, -0.25) is 4.79 Å². The molecule has 1 saturated heterocycles. The van der Waals surface area contributed by atoms with Gasteiger partial charge in [-0.2, -0.15) is 0 Å². The number of unbranched alkanes of at least 4 members (excludes halogenated alkanes) is 2. The van der Waals surface area contributed by atoms with Crippen LogP contribution in [0.25, 0.3) is 0 Å². The molecule has 0 spiro atoms. The molecule has 0 radical (unpaired) electrons. The van der Waals surface area contributed by atoms with E-state index in [1.807, 2.05) is 60.7 Å². The molecule has 2 atom stereocenters. The van der Waals surface area contributed by atoms with Crippen molar-refractivity contribution in [3.8, 4) is 0 Å². The molecule has 1 aliphatic heterocycles. The molecular weight excluding hydrogens is 530 g/mol. The molecule has 2 unspecified atom stereocenters. The second-order valence-corrected chi connectivity index (χ2v) is 14.4. The lowest BCUT2D eigenvalue weighted by molar-refractivity contribution is -0.132. The maximum absolute atomic E-state index is 14.9. The highest BCUT2D eigenvalue weighted by Crippen LogP contribution is 2.50. The summed E-state index contributed by atoms with van der Waals surface area (Å²) in [6, 6.07) is 26.1. The predicted octanol–water partition coefficient (Wildman–Crippen LogP) is 9.65. The predicted molar refractivity (Wildman–Crippen MR) is 174 cm³/mol. The van der Waals surface area contributed by atoms with Crippen molar-refractivity contribution in [1.82, 2.24) is 4.90 Å². The van der Waals surface area contributed by atoms with Gasteiger partial charge in [0.05, 0.1) is 12.0 Å². The van der Waals surface area contributed by atoms with Crippen LogP contribution in [0.1, 0.15) is 121 Å². The molecule has 1 aliphatic carbocycles. The maximum atomic E-state index is 14.9. The Hall–Kier alpha value is -3.40. The van der Waals surface area contributed by atoms with Gasteiger partial charge in [-0.15, -0.1) is 0 Å². The van der Waals surface area contributed by atoms with Gasteiger partial charge in [0.25, 0.3) is 0 Å². The van der Waals surface area contributed by atoms with E-state index in [9.17, 15) is 9.59 Å². The number of ether oxygens (including phenoxy) is 1. The molecule has 2 aliphatic rings. The summed E-state index contributed by atoms with van der Waals surface area (Å²) in [5, 5.41) is 0. The zero-order chi connectivity index (χ0) is 31.0. The number of carbonyl (C=O) groups is 2. The van der Waals surface area contributed by atoms with Crippen LogP contribution >= 0.6 is 0 Å². The first-order chi connectivity index (χ1) is 20.4. The first-order valence-electron chi connectivity index (χ1n) is 16.3. The number of carbonyl (C=O) groups excluding carboxylic acids is 2. The fourth-order valence-electron chi connectivity index (χ4n) is 7.56. The van der Waals surface area contributed by atoms with Gasteiger partial charge in [-0.25, -0.2) is 9.69 Å². The van der Waals surface area contributed by atoms with Crippen molar-refractivity contribution in [3.63, 3.8) is 0 Å². The highest BCUT2D eigenvalue weighted by Gasteiger charge is 2.60. The lowest BCUT2D eigenvalue weighted by Crippen LogP contribution is -2.51. The lowest BCUT2D eigenvalue weighted by atomic mass is 9.62. The fraction of sp³-hybridized carbons (Fsp3) is 0.487. The Balaban J connectivity index is 1.63. The van der Waals surface area contributed by atoms with Crippen LogP contribution in [0.4, 0.5) is 4.79 Å². The monoisotopic (exact) mass is 579 g/mol. The van der Waals surface area contributed by atoms with Gasteiger partial charge in [0.2, 0.25) is 5.91 Å². The molecule has 1 heterocycles. The number of imide groups is 1. The van der Waals surface area contributed by atoms with Crippen molar-refractivity contribution >= 4 is 12.0 Å². The molecule has 0 bridgehead atoms. The molecule has 2 amide bonds. The molecule has 4 nitrogen and oxygen atoms in total. The Bertz CT molecular complexity index is 1400. The molecule has 0 N–H and O–H groups in total. The second kappa shape index (κ2) is 11.9. The summed E-state index contributed by atoms with van der Waals surface area (Å²) in [6.07, 6.45) is 5.43. The van der Waals surface area contributed by atoms with E-state index >= 15 is 0 Å². The van der Waals surface area contributed by atoms with Crippen LogP contribution in [-0.4, -0.2) is 22.9 Å². The summed E-state index contributed by atoms with van der Waals surface area (Å²) in [7, 11) is 0. The average molecular weight is 580 g/mol. The van der Waals surface area contributed by atoms with Crippen LogP contribution in [0.2, 0.25) is 0 Å². The number of cyclic esters (lactones) is 1. The number of fused-ring (bicyclic) bond motifs is 1. The zero-order valence-corrected chi connectivity index (χ0v) is 27.2. The van der Waals surface area contributed by atoms with E-state index in [-0.39, 0.29) is 22.7 Å². The third-order valence-corrected chi connectivity index (χ3v) is 10.1. The van der Waals surface area contributed by atoms with Crippen molar-refractivity contribution in [1.29, 1.82) is 0 Å². The highest BCUT2D eigenvalue weighted by atomic mass is 16.6. The summed E-state index contributed by atoms with van der Waals surface area (Å²) in [5.41, 5.74) is 4.50. The van der Waals surface area contributed by atoms with E-state index in [4.69, 9.17) is 4.74 Å². The highest BCUT2D eigenvalue weighted by molar-refractivity contribution is 5.98. The van der Waals surface area contributed by atoms with Crippen LogP contribution in [0.3, 0.4) is 0 Å². The van der Waals surface area contributed by atoms with Crippen molar-refractivity contribution in [3.05, 3.63) is 107 Å². The fourth-order valence-corrected chi connectivity index (χ4v) is 7.56. The normalized spacial score (nSPS) is 20.9. The molecule has 3 aromatic rings. The standard InChI is InChI=1S/C39H49NO3/c1-8-9-12-21-31(28-22-23-32-33(26-28)38(6,7)25-24-37(32,4)5)35(41)40-34(27(2)3)39(43-36(40)42,29-17-13-10-14-18-29)30-19-15-11-16-20-30/h10-11,13-20,22-23,26-27,31,34H,8-9,12,21,24-25H2,1-7H3. The number of hydrogen-bond donors (Lipinski definition) is 0. The van der Waals surface area contributed by atoms with E-state index in [0.29, 0.717) is 6.42 Å². The minimum absolute atomic E-state index is 0.0285. The molecule has 228 valence electrons. The Morgan fingerprint density at radius 1 is 0.837 bits per heavy atom. The van der Waals surface area contributed by atoms with E-state index in [0.717, 1.165) is 48.8 Å². The number of hydrogen-bond acceptors (Lipinski definition) is 3.